The number of nitrogens with one attached hydrogen (secondary N) is 2. The van der Waals surface area contributed by atoms with Crippen LogP contribution >= 0.6 is 15.9 Å². The summed E-state index contributed by atoms with van der Waals surface area (Å²) in [5, 5.41) is 6.55. The van der Waals surface area contributed by atoms with Crippen molar-refractivity contribution in [3.05, 3.63) is 70.8 Å². The van der Waals surface area contributed by atoms with Crippen molar-refractivity contribution in [1.82, 2.24) is 20.3 Å². The van der Waals surface area contributed by atoms with Gasteiger partial charge in [0.15, 0.2) is 11.5 Å². The lowest BCUT2D eigenvalue weighted by molar-refractivity contribution is 0.102. The Bertz CT molecular complexity index is 1050. The van der Waals surface area contributed by atoms with E-state index in [-0.39, 0.29) is 11.5 Å². The smallest absolute Gasteiger partial charge is 0.278 e. The molecule has 1 aliphatic rings. The highest BCUT2D eigenvalue weighted by atomic mass is 79.9. The van der Waals surface area contributed by atoms with Crippen molar-refractivity contribution in [2.45, 2.75) is 25.4 Å². The molecule has 4 N–H and O–H groups in total. The van der Waals surface area contributed by atoms with Crippen LogP contribution in [-0.2, 0) is 6.54 Å². The molecule has 0 saturated carbocycles. The van der Waals surface area contributed by atoms with Crippen molar-refractivity contribution in [1.29, 1.82) is 0 Å². The van der Waals surface area contributed by atoms with Crippen molar-refractivity contribution in [3.8, 4) is 0 Å². The van der Waals surface area contributed by atoms with Crippen molar-refractivity contribution in [2.24, 2.45) is 0 Å². The van der Waals surface area contributed by atoms with Crippen molar-refractivity contribution >= 4 is 39.0 Å². The molecule has 160 valence electrons. The van der Waals surface area contributed by atoms with Crippen LogP contribution in [0.2, 0.25) is 0 Å². The molecule has 1 atom stereocenters. The van der Waals surface area contributed by atoms with Gasteiger partial charge >= 0.3 is 0 Å². The van der Waals surface area contributed by atoms with E-state index in [1.165, 1.54) is 11.8 Å². The van der Waals surface area contributed by atoms with Gasteiger partial charge in [-0.1, -0.05) is 30.3 Å². The summed E-state index contributed by atoms with van der Waals surface area (Å²) in [6.45, 7) is 2.59. The molecule has 1 fully saturated rings. The molecule has 1 unspecified atom stereocenters. The largest absolute Gasteiger partial charge is 0.382 e. The minimum absolute atomic E-state index is 0.0743. The lowest BCUT2D eigenvalue weighted by atomic mass is 10.0. The van der Waals surface area contributed by atoms with E-state index in [4.69, 9.17) is 5.73 Å². The number of nitrogens with two attached hydrogens (primary N) is 1. The van der Waals surface area contributed by atoms with Gasteiger partial charge < -0.3 is 21.3 Å². The van der Waals surface area contributed by atoms with Gasteiger partial charge in [-0.15, -0.1) is 0 Å². The summed E-state index contributed by atoms with van der Waals surface area (Å²) in [4.78, 5) is 27.4. The van der Waals surface area contributed by atoms with E-state index in [1.54, 1.807) is 12.4 Å². The second kappa shape index (κ2) is 9.84. The van der Waals surface area contributed by atoms with Crippen LogP contribution in [0.15, 0.2) is 59.6 Å². The number of hydrogen-bond acceptors (Lipinski definition) is 7. The Hall–Kier alpha value is -3.04. The van der Waals surface area contributed by atoms with Gasteiger partial charge in [-0.05, 0) is 40.4 Å². The van der Waals surface area contributed by atoms with Crippen LogP contribution < -0.4 is 21.3 Å². The Morgan fingerprint density at radius 3 is 2.90 bits per heavy atom. The van der Waals surface area contributed by atoms with Gasteiger partial charge in [-0.2, -0.15) is 0 Å². The number of benzene rings is 1. The predicted molar refractivity (Wildman–Crippen MR) is 125 cm³/mol. The average molecular weight is 482 g/mol. The maximum absolute atomic E-state index is 12.8. The molecule has 9 heteroatoms. The molecule has 0 aliphatic carbocycles. The number of pyridine rings is 1. The Morgan fingerprint density at radius 2 is 2.06 bits per heavy atom. The van der Waals surface area contributed by atoms with Crippen LogP contribution in [0.25, 0.3) is 0 Å². The first-order valence-corrected chi connectivity index (χ1v) is 10.9. The third kappa shape index (κ3) is 5.36. The number of nitrogens with zero attached hydrogens (tertiary/aromatic N) is 4. The number of rotatable bonds is 6. The van der Waals surface area contributed by atoms with Crippen molar-refractivity contribution < 1.29 is 4.79 Å². The zero-order valence-electron chi connectivity index (χ0n) is 17.0. The maximum Gasteiger partial charge on any atom is 0.278 e. The maximum atomic E-state index is 12.8. The molecular formula is C22H24BrN7O. The quantitative estimate of drug-likeness (QED) is 0.495. The summed E-state index contributed by atoms with van der Waals surface area (Å²) in [6, 6.07) is 12.7. The highest BCUT2D eigenvalue weighted by Crippen LogP contribution is 2.28. The third-order valence-electron chi connectivity index (χ3n) is 5.23. The molecular weight excluding hydrogens is 458 g/mol. The first-order chi connectivity index (χ1) is 15.1. The molecule has 3 heterocycles. The van der Waals surface area contributed by atoms with E-state index >= 15 is 0 Å². The standard InChI is InChI=1S/C22H24BrN7O/c23-19-13-27-21(24)20(29-19)22(31)28-17-12-25-9-8-18(17)30-10-4-7-16(14-30)26-11-15-5-2-1-3-6-15/h1-3,5-6,8-9,12-13,16,26H,4,7,10-11,14H2,(H2,24,27)(H,28,31). The van der Waals surface area contributed by atoms with Crippen molar-refractivity contribution in [2.75, 3.05) is 29.0 Å². The van der Waals surface area contributed by atoms with E-state index in [0.29, 0.717) is 16.3 Å². The molecule has 1 amide bonds. The number of carbonyl (C=O) groups is 1. The zero-order chi connectivity index (χ0) is 21.6. The Balaban J connectivity index is 1.46. The van der Waals surface area contributed by atoms with Gasteiger partial charge in [-0.3, -0.25) is 9.78 Å². The number of halogens is 1. The van der Waals surface area contributed by atoms with Gasteiger partial charge in [-0.25, -0.2) is 9.97 Å². The first-order valence-electron chi connectivity index (χ1n) is 10.2. The summed E-state index contributed by atoms with van der Waals surface area (Å²) >= 11 is 3.23. The predicted octanol–water partition coefficient (Wildman–Crippen LogP) is 3.23. The number of hydrogen-bond donors (Lipinski definition) is 3. The minimum Gasteiger partial charge on any atom is -0.382 e. The summed E-state index contributed by atoms with van der Waals surface area (Å²) in [6.07, 6.45) is 7.01. The molecule has 8 nitrogen and oxygen atoms in total. The highest BCUT2D eigenvalue weighted by molar-refractivity contribution is 9.10. The van der Waals surface area contributed by atoms with E-state index in [0.717, 1.165) is 38.2 Å². The van der Waals surface area contributed by atoms with Crippen LogP contribution in [0.4, 0.5) is 17.2 Å². The minimum atomic E-state index is -0.420. The van der Waals surface area contributed by atoms with E-state index in [9.17, 15) is 4.79 Å². The first kappa shape index (κ1) is 21.2. The second-order valence-electron chi connectivity index (χ2n) is 7.43. The average Bonchev–Trinajstić information content (AvgIpc) is 2.80. The number of amides is 1. The topological polar surface area (TPSA) is 109 Å². The fourth-order valence-corrected chi connectivity index (χ4v) is 3.98. The molecule has 1 saturated heterocycles. The number of carbonyl (C=O) groups excluding carboxylic acids is 1. The van der Waals surface area contributed by atoms with Gasteiger partial charge in [0.25, 0.3) is 5.91 Å². The molecule has 0 radical (unpaired) electrons. The highest BCUT2D eigenvalue weighted by Gasteiger charge is 2.23. The molecule has 0 spiro atoms. The zero-order valence-corrected chi connectivity index (χ0v) is 18.5. The molecule has 1 aliphatic heterocycles. The van der Waals surface area contributed by atoms with Crippen LogP contribution in [0, 0.1) is 0 Å². The van der Waals surface area contributed by atoms with E-state index in [1.807, 2.05) is 12.1 Å². The van der Waals surface area contributed by atoms with E-state index < -0.39 is 5.91 Å². The van der Waals surface area contributed by atoms with Gasteiger partial charge in [0.2, 0.25) is 0 Å². The fourth-order valence-electron chi connectivity index (χ4n) is 3.71. The number of aromatic nitrogens is 3. The van der Waals surface area contributed by atoms with Crippen LogP contribution in [0.5, 0.6) is 0 Å². The summed E-state index contributed by atoms with van der Waals surface area (Å²) < 4.78 is 0.446. The lowest BCUT2D eigenvalue weighted by Crippen LogP contribution is -2.45. The monoisotopic (exact) mass is 481 g/mol. The van der Waals surface area contributed by atoms with Crippen LogP contribution in [0.3, 0.4) is 0 Å². The number of piperidine rings is 1. The van der Waals surface area contributed by atoms with Crippen molar-refractivity contribution in [3.63, 3.8) is 0 Å². The molecule has 4 rings (SSSR count). The van der Waals surface area contributed by atoms with Gasteiger partial charge in [0.1, 0.15) is 4.60 Å². The molecule has 2 aromatic heterocycles. The normalized spacial score (nSPS) is 16.2. The molecule has 31 heavy (non-hydrogen) atoms. The SMILES string of the molecule is Nc1ncc(Br)nc1C(=O)Nc1cnccc1N1CCCC(NCc2ccccc2)C1. The van der Waals surface area contributed by atoms with Crippen LogP contribution in [-0.4, -0.2) is 40.0 Å². The molecule has 3 aromatic rings. The molecule has 1 aromatic carbocycles. The van der Waals surface area contributed by atoms with E-state index in [2.05, 4.69) is 70.7 Å². The van der Waals surface area contributed by atoms with Gasteiger partial charge in [0.05, 0.1) is 23.8 Å². The summed E-state index contributed by atoms with van der Waals surface area (Å²) in [5.41, 5.74) is 8.73. The third-order valence-corrected chi connectivity index (χ3v) is 5.61. The fraction of sp³-hybridized carbons (Fsp3) is 0.273. The summed E-state index contributed by atoms with van der Waals surface area (Å²) in [7, 11) is 0. The second-order valence-corrected chi connectivity index (χ2v) is 8.24. The van der Waals surface area contributed by atoms with Gasteiger partial charge in [0, 0.05) is 31.9 Å². The Labute approximate surface area is 189 Å². The Kier molecular flexibility index (Phi) is 6.73. The molecule has 0 bridgehead atoms. The van der Waals surface area contributed by atoms with Crippen LogP contribution in [0.1, 0.15) is 28.9 Å². The number of nitrogen functional groups attached to an aromatic ring is 1. The Morgan fingerprint density at radius 1 is 1.23 bits per heavy atom. The lowest BCUT2D eigenvalue weighted by Gasteiger charge is -2.35. The summed E-state index contributed by atoms with van der Waals surface area (Å²) in [5.74, 6) is -0.342. The number of anilines is 3.